The lowest BCUT2D eigenvalue weighted by Crippen LogP contribution is -2.32. The molecular weight excluding hydrogens is 220 g/mol. The van der Waals surface area contributed by atoms with Crippen molar-refractivity contribution in [3.8, 4) is 0 Å². The fourth-order valence-electron chi connectivity index (χ4n) is 1.74. The topological polar surface area (TPSA) is 63.6 Å². The van der Waals surface area contributed by atoms with Gasteiger partial charge in [0, 0.05) is 0 Å². The molecule has 0 bridgehead atoms. The van der Waals surface area contributed by atoms with Crippen molar-refractivity contribution in [1.82, 2.24) is 0 Å². The molecule has 0 saturated carbocycles. The van der Waals surface area contributed by atoms with Gasteiger partial charge >= 0.3 is 5.97 Å². The first-order valence-electron chi connectivity index (χ1n) is 5.32. The van der Waals surface area contributed by atoms with Crippen LogP contribution in [0.5, 0.6) is 0 Å². The van der Waals surface area contributed by atoms with Gasteiger partial charge in [-0.1, -0.05) is 0 Å². The van der Waals surface area contributed by atoms with Crippen LogP contribution in [0.25, 0.3) is 0 Å². The molecule has 0 fully saturated rings. The zero-order valence-corrected chi connectivity index (χ0v) is 9.98. The molecular formula is C13H14O4. The van der Waals surface area contributed by atoms with Crippen LogP contribution in [-0.2, 0) is 10.2 Å². The van der Waals surface area contributed by atoms with Gasteiger partial charge in [0.2, 0.25) is 0 Å². The highest BCUT2D eigenvalue weighted by molar-refractivity contribution is 5.83. The van der Waals surface area contributed by atoms with E-state index in [2.05, 4.69) is 0 Å². The van der Waals surface area contributed by atoms with E-state index in [1.807, 2.05) is 0 Å². The molecule has 0 amide bonds. The van der Waals surface area contributed by atoms with Crippen LogP contribution in [0.1, 0.15) is 30.0 Å². The number of aliphatic carboxylic acids is 1. The number of carboxylic acid groups (broad SMARTS) is 1. The second-order valence-corrected chi connectivity index (χ2v) is 4.25. The predicted octanol–water partition coefficient (Wildman–Crippen LogP) is 2.88. The molecule has 2 heterocycles. The lowest BCUT2D eigenvalue weighted by atomic mass is 9.85. The Bertz CT molecular complexity index is 507. The number of carbonyl (C=O) groups is 1. The normalized spacial score (nSPS) is 11.7. The molecule has 4 heteroatoms. The molecule has 0 aromatic carbocycles. The van der Waals surface area contributed by atoms with E-state index < -0.39 is 11.4 Å². The molecule has 0 radical (unpaired) electrons. The summed E-state index contributed by atoms with van der Waals surface area (Å²) in [5.41, 5.74) is -1.29. The SMILES string of the molecule is Cc1ccc(C(C)(C(=O)O)c2ccc(C)o2)o1. The van der Waals surface area contributed by atoms with Gasteiger partial charge in [0.15, 0.2) is 5.41 Å². The molecule has 0 aliphatic carbocycles. The Morgan fingerprint density at radius 1 is 1.06 bits per heavy atom. The molecule has 1 N–H and O–H groups in total. The van der Waals surface area contributed by atoms with Gasteiger partial charge in [-0.15, -0.1) is 0 Å². The van der Waals surface area contributed by atoms with Crippen LogP contribution in [0.4, 0.5) is 0 Å². The van der Waals surface area contributed by atoms with Crippen LogP contribution >= 0.6 is 0 Å². The molecule has 2 aromatic rings. The van der Waals surface area contributed by atoms with E-state index in [9.17, 15) is 9.90 Å². The van der Waals surface area contributed by atoms with E-state index in [1.165, 1.54) is 0 Å². The van der Waals surface area contributed by atoms with Crippen LogP contribution in [0.2, 0.25) is 0 Å². The van der Waals surface area contributed by atoms with Crippen LogP contribution in [0.3, 0.4) is 0 Å². The van der Waals surface area contributed by atoms with Crippen molar-refractivity contribution in [3.05, 3.63) is 47.3 Å². The Hall–Kier alpha value is -1.97. The summed E-state index contributed by atoms with van der Waals surface area (Å²) >= 11 is 0. The van der Waals surface area contributed by atoms with Crippen molar-refractivity contribution in [3.63, 3.8) is 0 Å². The van der Waals surface area contributed by atoms with Crippen molar-refractivity contribution in [1.29, 1.82) is 0 Å². The van der Waals surface area contributed by atoms with Gasteiger partial charge in [-0.3, -0.25) is 4.79 Å². The third-order valence-electron chi connectivity index (χ3n) is 2.89. The molecule has 0 aliphatic heterocycles. The molecule has 0 unspecified atom stereocenters. The fraction of sp³-hybridized carbons (Fsp3) is 0.308. The molecule has 0 atom stereocenters. The molecule has 90 valence electrons. The number of furan rings is 2. The van der Waals surface area contributed by atoms with Crippen molar-refractivity contribution in [2.24, 2.45) is 0 Å². The first-order chi connectivity index (χ1) is 7.94. The minimum atomic E-state index is -1.29. The average molecular weight is 234 g/mol. The van der Waals surface area contributed by atoms with Crippen LogP contribution in [0, 0.1) is 13.8 Å². The van der Waals surface area contributed by atoms with E-state index in [4.69, 9.17) is 8.83 Å². The Morgan fingerprint density at radius 2 is 1.47 bits per heavy atom. The first-order valence-corrected chi connectivity index (χ1v) is 5.32. The summed E-state index contributed by atoms with van der Waals surface area (Å²) in [5, 5.41) is 9.44. The fourth-order valence-corrected chi connectivity index (χ4v) is 1.74. The third kappa shape index (κ3) is 1.75. The van der Waals surface area contributed by atoms with Gasteiger partial charge in [0.25, 0.3) is 0 Å². The summed E-state index contributed by atoms with van der Waals surface area (Å²) in [5.74, 6) is 1.10. The van der Waals surface area contributed by atoms with Crippen molar-refractivity contribution >= 4 is 5.97 Å². The minimum absolute atomic E-state index is 0.372. The summed E-state index contributed by atoms with van der Waals surface area (Å²) in [6.07, 6.45) is 0. The molecule has 4 nitrogen and oxygen atoms in total. The number of rotatable bonds is 3. The van der Waals surface area contributed by atoms with E-state index >= 15 is 0 Å². The zero-order chi connectivity index (χ0) is 12.6. The van der Waals surface area contributed by atoms with Gasteiger partial charge < -0.3 is 13.9 Å². The van der Waals surface area contributed by atoms with E-state index in [0.717, 1.165) is 0 Å². The molecule has 0 aliphatic rings. The van der Waals surface area contributed by atoms with Gasteiger partial charge in [-0.05, 0) is 45.0 Å². The van der Waals surface area contributed by atoms with Crippen molar-refractivity contribution < 1.29 is 18.7 Å². The molecule has 17 heavy (non-hydrogen) atoms. The lowest BCUT2D eigenvalue weighted by Gasteiger charge is -2.19. The summed E-state index contributed by atoms with van der Waals surface area (Å²) in [6, 6.07) is 6.82. The molecule has 2 aromatic heterocycles. The number of hydrogen-bond acceptors (Lipinski definition) is 3. The third-order valence-corrected chi connectivity index (χ3v) is 2.89. The van der Waals surface area contributed by atoms with Gasteiger partial charge in [0.05, 0.1) is 0 Å². The maximum Gasteiger partial charge on any atom is 0.324 e. The molecule has 0 saturated heterocycles. The lowest BCUT2D eigenvalue weighted by molar-refractivity contribution is -0.142. The summed E-state index contributed by atoms with van der Waals surface area (Å²) in [4.78, 5) is 11.5. The second-order valence-electron chi connectivity index (χ2n) is 4.25. The Labute approximate surface area is 98.9 Å². The maximum absolute atomic E-state index is 11.5. The van der Waals surface area contributed by atoms with Gasteiger partial charge in [-0.25, -0.2) is 0 Å². The van der Waals surface area contributed by atoms with Gasteiger partial charge in [0.1, 0.15) is 23.0 Å². The standard InChI is InChI=1S/C13H14O4/c1-8-4-6-10(16-8)13(3,12(14)15)11-7-5-9(2)17-11/h4-7H,1-3H3,(H,14,15). The summed E-state index contributed by atoms with van der Waals surface area (Å²) < 4.78 is 10.9. The average Bonchev–Trinajstić information content (AvgIpc) is 2.86. The quantitative estimate of drug-likeness (QED) is 0.886. The number of hydrogen-bond donors (Lipinski definition) is 1. The number of aryl methyl sites for hydroxylation is 2. The Kier molecular flexibility index (Phi) is 2.58. The highest BCUT2D eigenvalue weighted by Gasteiger charge is 2.43. The molecule has 2 rings (SSSR count). The Balaban J connectivity index is 2.57. The number of carboxylic acids is 1. The van der Waals surface area contributed by atoms with E-state index in [1.54, 1.807) is 45.0 Å². The smallest absolute Gasteiger partial charge is 0.324 e. The van der Waals surface area contributed by atoms with Crippen LogP contribution < -0.4 is 0 Å². The zero-order valence-electron chi connectivity index (χ0n) is 9.98. The largest absolute Gasteiger partial charge is 0.480 e. The molecule has 0 spiro atoms. The predicted molar refractivity (Wildman–Crippen MR) is 61.0 cm³/mol. The van der Waals surface area contributed by atoms with Crippen molar-refractivity contribution in [2.75, 3.05) is 0 Å². The highest BCUT2D eigenvalue weighted by Crippen LogP contribution is 2.34. The second kappa shape index (κ2) is 3.80. The van der Waals surface area contributed by atoms with E-state index in [-0.39, 0.29) is 0 Å². The summed E-state index contributed by atoms with van der Waals surface area (Å²) in [7, 11) is 0. The monoisotopic (exact) mass is 234 g/mol. The highest BCUT2D eigenvalue weighted by atomic mass is 16.4. The van der Waals surface area contributed by atoms with Gasteiger partial charge in [-0.2, -0.15) is 0 Å². The maximum atomic E-state index is 11.5. The van der Waals surface area contributed by atoms with Crippen LogP contribution in [-0.4, -0.2) is 11.1 Å². The summed E-state index contributed by atoms with van der Waals surface area (Å²) in [6.45, 7) is 5.13. The first kappa shape index (κ1) is 11.5. The minimum Gasteiger partial charge on any atom is -0.480 e. The van der Waals surface area contributed by atoms with Crippen LogP contribution in [0.15, 0.2) is 33.1 Å². The van der Waals surface area contributed by atoms with Crippen molar-refractivity contribution in [2.45, 2.75) is 26.2 Å². The Morgan fingerprint density at radius 3 is 1.71 bits per heavy atom. The van der Waals surface area contributed by atoms with E-state index in [0.29, 0.717) is 23.0 Å².